The molecule has 0 heterocycles. The summed E-state index contributed by atoms with van der Waals surface area (Å²) in [4.78, 5) is 62.1. The first kappa shape index (κ1) is 41.3. The zero-order valence-electron chi connectivity index (χ0n) is 28.5. The van der Waals surface area contributed by atoms with Gasteiger partial charge in [-0.15, -0.1) is 0 Å². The van der Waals surface area contributed by atoms with Gasteiger partial charge < -0.3 is 30.7 Å². The van der Waals surface area contributed by atoms with Gasteiger partial charge in [-0.25, -0.2) is 9.59 Å². The largest absolute Gasteiger partial charge is 0.494 e. The Morgan fingerprint density at radius 3 is 2.04 bits per heavy atom. The minimum Gasteiger partial charge on any atom is -0.494 e. The molecule has 5 N–H and O–H groups in total. The van der Waals surface area contributed by atoms with Crippen LogP contribution in [0.15, 0.2) is 36.4 Å². The third-order valence-electron chi connectivity index (χ3n) is 8.01. The Morgan fingerprint density at radius 2 is 1.49 bits per heavy atom. The number of carboxylic acids is 1. The topological polar surface area (TPSA) is 182 Å². The number of nitrogens with two attached hydrogens (primary N) is 1. The van der Waals surface area contributed by atoms with Crippen molar-refractivity contribution >= 4 is 29.5 Å². The van der Waals surface area contributed by atoms with Crippen LogP contribution in [0.25, 0.3) is 0 Å². The highest BCUT2D eigenvalue weighted by molar-refractivity contribution is 5.95. The van der Waals surface area contributed by atoms with E-state index in [-0.39, 0.29) is 12.2 Å². The molecule has 0 saturated carbocycles. The van der Waals surface area contributed by atoms with Gasteiger partial charge in [0, 0.05) is 19.3 Å². The van der Waals surface area contributed by atoms with E-state index >= 15 is 0 Å². The van der Waals surface area contributed by atoms with Crippen molar-refractivity contribution in [1.82, 2.24) is 5.32 Å². The number of aliphatic carboxylic acids is 1. The van der Waals surface area contributed by atoms with Crippen molar-refractivity contribution in [2.75, 3.05) is 13.7 Å². The fourth-order valence-electron chi connectivity index (χ4n) is 5.16. The number of nitrogens with one attached hydrogen (secondary N) is 1. The van der Waals surface area contributed by atoms with E-state index in [0.29, 0.717) is 43.6 Å². The van der Waals surface area contributed by atoms with Crippen LogP contribution in [0.2, 0.25) is 0 Å². The van der Waals surface area contributed by atoms with E-state index in [1.807, 2.05) is 0 Å². The number of rotatable bonds is 27. The molecule has 0 radical (unpaired) electrons. The number of allylic oxidation sites excluding steroid dienone is 1. The van der Waals surface area contributed by atoms with E-state index in [1.54, 1.807) is 30.3 Å². The highest BCUT2D eigenvalue weighted by atomic mass is 16.5. The third kappa shape index (κ3) is 16.6. The van der Waals surface area contributed by atoms with Crippen LogP contribution in [0, 0.1) is 5.92 Å². The number of hydrogen-bond donors (Lipinski definition) is 4. The molecule has 0 aliphatic carbocycles. The van der Waals surface area contributed by atoms with Crippen molar-refractivity contribution in [3.63, 3.8) is 0 Å². The molecule has 1 aromatic carbocycles. The normalized spacial score (nSPS) is 13.8. The molecule has 0 spiro atoms. The number of aliphatic hydroxyl groups is 1. The lowest BCUT2D eigenvalue weighted by Gasteiger charge is -2.30. The van der Waals surface area contributed by atoms with Gasteiger partial charge in [0.1, 0.15) is 17.6 Å². The number of Topliss-reactive ketones (excluding diaryl/α,β-unsaturated/α-hetero) is 1. The van der Waals surface area contributed by atoms with Crippen molar-refractivity contribution < 1.29 is 43.7 Å². The summed E-state index contributed by atoms with van der Waals surface area (Å²) in [6.45, 7) is 4.79. The fourth-order valence-corrected chi connectivity index (χ4v) is 5.16. The molecule has 11 nitrogen and oxygen atoms in total. The Kier molecular flexibility index (Phi) is 20.7. The van der Waals surface area contributed by atoms with Crippen molar-refractivity contribution in [2.24, 2.45) is 11.7 Å². The first-order valence-electron chi connectivity index (χ1n) is 17.0. The SMILES string of the molecule is CCCCCCCC(=O)CCCCCC/C=C/C(C(=O)N[C@@H](Cc1ccc(OCCCC)cc1)C(=O)OC)C(O)(CC(N)=O)C(=O)O. The number of carboxylic acid groups (broad SMARTS) is 1. The molecule has 3 atom stereocenters. The molecule has 0 bridgehead atoms. The number of primary amides is 1. The van der Waals surface area contributed by atoms with Crippen molar-refractivity contribution in [1.29, 1.82) is 0 Å². The number of carbonyl (C=O) groups is 5. The van der Waals surface area contributed by atoms with Gasteiger partial charge in [-0.2, -0.15) is 0 Å². The Labute approximate surface area is 279 Å². The minimum absolute atomic E-state index is 0.0206. The first-order valence-corrected chi connectivity index (χ1v) is 17.0. The molecular weight excluding hydrogens is 604 g/mol. The maximum atomic E-state index is 13.5. The molecule has 264 valence electrons. The maximum Gasteiger partial charge on any atom is 0.337 e. The van der Waals surface area contributed by atoms with Gasteiger partial charge in [0.25, 0.3) is 0 Å². The second kappa shape index (κ2) is 23.6. The molecule has 1 aromatic rings. The second-order valence-corrected chi connectivity index (χ2v) is 12.1. The predicted molar refractivity (Wildman–Crippen MR) is 180 cm³/mol. The van der Waals surface area contributed by atoms with Gasteiger partial charge in [-0.05, 0) is 49.8 Å². The monoisotopic (exact) mass is 660 g/mol. The van der Waals surface area contributed by atoms with E-state index < -0.39 is 47.7 Å². The first-order chi connectivity index (χ1) is 22.5. The summed E-state index contributed by atoms with van der Waals surface area (Å²) in [5.41, 5.74) is 3.07. The van der Waals surface area contributed by atoms with E-state index in [2.05, 4.69) is 19.2 Å². The Hall–Kier alpha value is -3.73. The summed E-state index contributed by atoms with van der Waals surface area (Å²) in [7, 11) is 1.16. The maximum absolute atomic E-state index is 13.5. The summed E-state index contributed by atoms with van der Waals surface area (Å²) in [6.07, 6.45) is 14.1. The lowest BCUT2D eigenvalue weighted by molar-refractivity contribution is -0.169. The van der Waals surface area contributed by atoms with Gasteiger partial charge in [0.05, 0.1) is 26.1 Å². The van der Waals surface area contributed by atoms with E-state index in [9.17, 15) is 34.2 Å². The molecule has 0 aliphatic heterocycles. The van der Waals surface area contributed by atoms with Crippen molar-refractivity contribution in [3.05, 3.63) is 42.0 Å². The minimum atomic E-state index is -2.85. The average molecular weight is 661 g/mol. The number of amides is 2. The second-order valence-electron chi connectivity index (χ2n) is 12.1. The number of ketones is 1. The van der Waals surface area contributed by atoms with Crippen LogP contribution in [0.1, 0.15) is 116 Å². The predicted octanol–water partition coefficient (Wildman–Crippen LogP) is 5.20. The van der Waals surface area contributed by atoms with Crippen LogP contribution < -0.4 is 15.8 Å². The molecular formula is C36H56N2O9. The van der Waals surface area contributed by atoms with Crippen LogP contribution in [0.5, 0.6) is 5.75 Å². The van der Waals surface area contributed by atoms with Crippen LogP contribution in [-0.2, 0) is 35.1 Å². The molecule has 47 heavy (non-hydrogen) atoms. The van der Waals surface area contributed by atoms with Crippen LogP contribution in [0.3, 0.4) is 0 Å². The average Bonchev–Trinajstić information content (AvgIpc) is 3.03. The van der Waals surface area contributed by atoms with Gasteiger partial charge in [0.2, 0.25) is 11.8 Å². The smallest absolute Gasteiger partial charge is 0.337 e. The Balaban J connectivity index is 2.87. The number of hydrogen-bond acceptors (Lipinski definition) is 8. The van der Waals surface area contributed by atoms with Gasteiger partial charge >= 0.3 is 11.9 Å². The lowest BCUT2D eigenvalue weighted by atomic mass is 9.82. The highest BCUT2D eigenvalue weighted by Crippen LogP contribution is 2.26. The van der Waals surface area contributed by atoms with Gasteiger partial charge in [-0.1, -0.05) is 83.1 Å². The number of esters is 1. The molecule has 1 rings (SSSR count). The fraction of sp³-hybridized carbons (Fsp3) is 0.639. The molecule has 0 saturated heterocycles. The van der Waals surface area contributed by atoms with Crippen LogP contribution in [0.4, 0.5) is 0 Å². The zero-order chi connectivity index (χ0) is 35.1. The van der Waals surface area contributed by atoms with E-state index in [0.717, 1.165) is 52.1 Å². The van der Waals surface area contributed by atoms with E-state index in [4.69, 9.17) is 15.2 Å². The molecule has 0 aromatic heterocycles. The summed E-state index contributed by atoms with van der Waals surface area (Å²) in [5, 5.41) is 23.4. The number of carbonyl (C=O) groups excluding carboxylic acids is 4. The Bertz CT molecular complexity index is 1140. The quantitative estimate of drug-likeness (QED) is 0.0560. The molecule has 0 aliphatic rings. The summed E-state index contributed by atoms with van der Waals surface area (Å²) >= 11 is 0. The third-order valence-corrected chi connectivity index (χ3v) is 8.01. The standard InChI is InChI=1S/C36H56N2O9/c1-4-6-8-11-14-17-28(39)18-15-12-9-10-13-16-19-30(36(45,35(43)44)26-32(37)40)33(41)38-31(34(42)46-3)25-27-20-22-29(23-21-27)47-24-7-5-2/h16,19-23,30-31,45H,4-15,17-18,24-26H2,1-3H3,(H2,37,40)(H,38,41)(H,43,44)/b19-16+/t30?,31-,36?/m0/s1. The molecule has 0 fully saturated rings. The van der Waals surface area contributed by atoms with Crippen LogP contribution in [-0.4, -0.2) is 65.1 Å². The van der Waals surface area contributed by atoms with Crippen molar-refractivity contribution in [2.45, 2.75) is 128 Å². The number of ether oxygens (including phenoxy) is 2. The van der Waals surface area contributed by atoms with Gasteiger partial charge in [0.15, 0.2) is 5.60 Å². The number of methoxy groups -OCH3 is 1. The molecule has 2 amide bonds. The lowest BCUT2D eigenvalue weighted by Crippen LogP contribution is -2.56. The highest BCUT2D eigenvalue weighted by Gasteiger charge is 2.48. The summed E-state index contributed by atoms with van der Waals surface area (Å²) < 4.78 is 10.5. The summed E-state index contributed by atoms with van der Waals surface area (Å²) in [6, 6.07) is 5.77. The van der Waals surface area contributed by atoms with Crippen molar-refractivity contribution in [3.8, 4) is 5.75 Å². The van der Waals surface area contributed by atoms with Gasteiger partial charge in [-0.3, -0.25) is 14.4 Å². The zero-order valence-corrected chi connectivity index (χ0v) is 28.5. The molecule has 2 unspecified atom stereocenters. The summed E-state index contributed by atoms with van der Waals surface area (Å²) in [5.74, 6) is -5.44. The Morgan fingerprint density at radius 1 is 0.894 bits per heavy atom. The number of benzene rings is 1. The van der Waals surface area contributed by atoms with E-state index in [1.165, 1.54) is 25.3 Å². The van der Waals surface area contributed by atoms with Crippen LogP contribution >= 0.6 is 0 Å². The molecule has 11 heteroatoms. The number of unbranched alkanes of at least 4 members (excludes halogenated alkanes) is 9.